The normalized spacial score (nSPS) is 25.4. The summed E-state index contributed by atoms with van der Waals surface area (Å²) in [6.45, 7) is 6.23. The first-order valence-electron chi connectivity index (χ1n) is 9.44. The molecular formula is C21H23N5O2. The van der Waals surface area contributed by atoms with E-state index in [0.717, 1.165) is 22.8 Å². The number of rotatable bonds is 5. The van der Waals surface area contributed by atoms with Crippen molar-refractivity contribution >= 4 is 17.5 Å². The van der Waals surface area contributed by atoms with E-state index in [1.807, 2.05) is 50.2 Å². The number of carbonyl (C=O) groups is 1. The summed E-state index contributed by atoms with van der Waals surface area (Å²) in [6, 6.07) is 11.5. The fourth-order valence-corrected chi connectivity index (χ4v) is 3.94. The lowest BCUT2D eigenvalue weighted by atomic mass is 9.92. The van der Waals surface area contributed by atoms with Crippen LogP contribution in [0.2, 0.25) is 0 Å². The van der Waals surface area contributed by atoms with Gasteiger partial charge in [0.05, 0.1) is 29.4 Å². The average Bonchev–Trinajstić information content (AvgIpc) is 3.31. The summed E-state index contributed by atoms with van der Waals surface area (Å²) in [5.41, 5.74) is 2.96. The van der Waals surface area contributed by atoms with E-state index in [0.29, 0.717) is 0 Å². The topological polar surface area (TPSA) is 88.8 Å². The van der Waals surface area contributed by atoms with Crippen LogP contribution in [0.15, 0.2) is 59.0 Å². The molecule has 2 aliphatic rings. The summed E-state index contributed by atoms with van der Waals surface area (Å²) in [6.07, 6.45) is 3.09. The first-order chi connectivity index (χ1) is 13.5. The van der Waals surface area contributed by atoms with Gasteiger partial charge in [-0.2, -0.15) is 10.2 Å². The van der Waals surface area contributed by atoms with Gasteiger partial charge in [0, 0.05) is 35.7 Å². The lowest BCUT2D eigenvalue weighted by molar-refractivity contribution is 0.135. The fourth-order valence-electron chi connectivity index (χ4n) is 3.94. The maximum atomic E-state index is 12.0. The quantitative estimate of drug-likeness (QED) is 0.867. The van der Waals surface area contributed by atoms with E-state index < -0.39 is 6.09 Å². The highest BCUT2D eigenvalue weighted by molar-refractivity contribution is 6.16. The number of fused-ring (bicyclic) bond motifs is 1. The van der Waals surface area contributed by atoms with Crippen LogP contribution in [0.4, 0.5) is 4.79 Å². The van der Waals surface area contributed by atoms with Crippen molar-refractivity contribution in [3.05, 3.63) is 60.2 Å². The Morgan fingerprint density at radius 3 is 2.39 bits per heavy atom. The van der Waals surface area contributed by atoms with Gasteiger partial charge in [-0.15, -0.1) is 0 Å². The molecule has 2 aromatic rings. The van der Waals surface area contributed by atoms with E-state index >= 15 is 0 Å². The third-order valence-corrected chi connectivity index (χ3v) is 5.41. The second kappa shape index (κ2) is 7.14. The van der Waals surface area contributed by atoms with Gasteiger partial charge in [0.25, 0.3) is 0 Å². The van der Waals surface area contributed by atoms with Crippen molar-refractivity contribution in [2.24, 2.45) is 27.5 Å². The van der Waals surface area contributed by atoms with Crippen LogP contribution in [0.25, 0.3) is 0 Å². The lowest BCUT2D eigenvalue weighted by Crippen LogP contribution is -2.31. The van der Waals surface area contributed by atoms with Gasteiger partial charge < -0.3 is 10.1 Å². The summed E-state index contributed by atoms with van der Waals surface area (Å²) < 4.78 is 5.50. The zero-order chi connectivity index (χ0) is 19.7. The first-order valence-corrected chi connectivity index (χ1v) is 9.44. The molecule has 0 bridgehead atoms. The van der Waals surface area contributed by atoms with Crippen LogP contribution < -0.4 is 5.32 Å². The molecule has 1 amide bonds. The lowest BCUT2D eigenvalue weighted by Gasteiger charge is -2.18. The standard InChI is InChI=1S/C21H23N5O2/c1-13(2)24-20(27)28-12-14-17-18(15-8-4-6-10-22-15)25-26-19(21(14,17)3)16-9-5-7-11-23-16/h4-11,13-14,17H,12H2,1-3H3,(H,24,27). The van der Waals surface area contributed by atoms with Gasteiger partial charge in [-0.3, -0.25) is 9.97 Å². The molecule has 3 atom stereocenters. The van der Waals surface area contributed by atoms with Gasteiger partial charge in [0.1, 0.15) is 0 Å². The number of alkyl carbamates (subject to hydrolysis) is 1. The monoisotopic (exact) mass is 377 g/mol. The number of hydrogen-bond acceptors (Lipinski definition) is 6. The number of carbonyl (C=O) groups excluding carboxylic acids is 1. The van der Waals surface area contributed by atoms with E-state index in [9.17, 15) is 4.79 Å². The molecule has 7 heteroatoms. The number of amides is 1. The molecule has 0 spiro atoms. The number of nitrogens with one attached hydrogen (secondary N) is 1. The average molecular weight is 377 g/mol. The van der Waals surface area contributed by atoms with Crippen molar-refractivity contribution in [1.82, 2.24) is 15.3 Å². The van der Waals surface area contributed by atoms with Gasteiger partial charge in [0.15, 0.2) is 0 Å². The van der Waals surface area contributed by atoms with Crippen LogP contribution in [-0.4, -0.2) is 40.1 Å². The molecule has 28 heavy (non-hydrogen) atoms. The van der Waals surface area contributed by atoms with Crippen molar-refractivity contribution in [3.8, 4) is 0 Å². The van der Waals surface area contributed by atoms with Crippen LogP contribution in [-0.2, 0) is 4.74 Å². The predicted molar refractivity (Wildman–Crippen MR) is 106 cm³/mol. The molecular weight excluding hydrogens is 354 g/mol. The Hall–Kier alpha value is -3.09. The summed E-state index contributed by atoms with van der Waals surface area (Å²) in [4.78, 5) is 20.9. The van der Waals surface area contributed by atoms with Gasteiger partial charge in [-0.1, -0.05) is 19.1 Å². The second-order valence-corrected chi connectivity index (χ2v) is 7.63. The van der Waals surface area contributed by atoms with Crippen molar-refractivity contribution in [1.29, 1.82) is 0 Å². The minimum atomic E-state index is -0.408. The Morgan fingerprint density at radius 2 is 1.79 bits per heavy atom. The molecule has 1 saturated carbocycles. The molecule has 1 aliphatic carbocycles. The minimum absolute atomic E-state index is 0.0286. The summed E-state index contributed by atoms with van der Waals surface area (Å²) >= 11 is 0. The second-order valence-electron chi connectivity index (χ2n) is 7.63. The number of hydrogen-bond donors (Lipinski definition) is 1. The number of nitrogens with zero attached hydrogens (tertiary/aromatic N) is 4. The molecule has 2 aromatic heterocycles. The number of ether oxygens (including phenoxy) is 1. The summed E-state index contributed by atoms with van der Waals surface area (Å²) in [5.74, 6) is 0.137. The largest absolute Gasteiger partial charge is 0.449 e. The SMILES string of the molecule is CC(C)NC(=O)OCC1C2C(c3ccccn3)=NN=C(c3ccccn3)C12C. The van der Waals surface area contributed by atoms with Gasteiger partial charge in [-0.25, -0.2) is 4.79 Å². The van der Waals surface area contributed by atoms with Gasteiger partial charge in [-0.05, 0) is 38.1 Å². The molecule has 0 aromatic carbocycles. The van der Waals surface area contributed by atoms with Crippen LogP contribution in [0.1, 0.15) is 32.2 Å². The molecule has 3 unspecified atom stereocenters. The maximum Gasteiger partial charge on any atom is 0.407 e. The predicted octanol–water partition coefficient (Wildman–Crippen LogP) is 3.07. The van der Waals surface area contributed by atoms with E-state index in [2.05, 4.69) is 32.4 Å². The zero-order valence-electron chi connectivity index (χ0n) is 16.2. The van der Waals surface area contributed by atoms with Gasteiger partial charge >= 0.3 is 6.09 Å². The molecule has 1 N–H and O–H groups in total. The first kappa shape index (κ1) is 18.3. The Labute approximate surface area is 164 Å². The van der Waals surface area contributed by atoms with Crippen LogP contribution >= 0.6 is 0 Å². The molecule has 1 fully saturated rings. The smallest absolute Gasteiger partial charge is 0.407 e. The molecule has 3 heterocycles. The zero-order valence-corrected chi connectivity index (χ0v) is 16.2. The Balaban J connectivity index is 1.64. The van der Waals surface area contributed by atoms with E-state index in [4.69, 9.17) is 4.74 Å². The third kappa shape index (κ3) is 3.17. The minimum Gasteiger partial charge on any atom is -0.449 e. The highest BCUT2D eigenvalue weighted by Crippen LogP contribution is 2.63. The Morgan fingerprint density at radius 1 is 1.11 bits per heavy atom. The van der Waals surface area contributed by atoms with Crippen LogP contribution in [0, 0.1) is 17.3 Å². The third-order valence-electron chi connectivity index (χ3n) is 5.41. The Kier molecular flexibility index (Phi) is 4.66. The molecule has 144 valence electrons. The van der Waals surface area contributed by atoms with E-state index in [1.165, 1.54) is 0 Å². The van der Waals surface area contributed by atoms with Crippen molar-refractivity contribution in [3.63, 3.8) is 0 Å². The molecule has 0 saturated heterocycles. The summed E-state index contributed by atoms with van der Waals surface area (Å²) in [7, 11) is 0. The van der Waals surface area contributed by atoms with Crippen molar-refractivity contribution < 1.29 is 9.53 Å². The van der Waals surface area contributed by atoms with E-state index in [1.54, 1.807) is 12.4 Å². The molecule has 7 nitrogen and oxygen atoms in total. The molecule has 4 rings (SSSR count). The van der Waals surface area contributed by atoms with Crippen molar-refractivity contribution in [2.75, 3.05) is 6.61 Å². The molecule has 0 radical (unpaired) electrons. The summed E-state index contributed by atoms with van der Waals surface area (Å²) in [5, 5.41) is 11.8. The highest BCUT2D eigenvalue weighted by Gasteiger charge is 2.68. The Bertz CT molecular complexity index is 926. The fraction of sp³-hybridized carbons (Fsp3) is 0.381. The van der Waals surface area contributed by atoms with E-state index in [-0.39, 0.29) is 29.9 Å². The van der Waals surface area contributed by atoms with Crippen LogP contribution in [0.5, 0.6) is 0 Å². The van der Waals surface area contributed by atoms with Crippen molar-refractivity contribution in [2.45, 2.75) is 26.8 Å². The number of pyridine rings is 2. The number of aromatic nitrogens is 2. The highest BCUT2D eigenvalue weighted by atomic mass is 16.5. The van der Waals surface area contributed by atoms with Gasteiger partial charge in [0.2, 0.25) is 0 Å². The maximum absolute atomic E-state index is 12.0. The molecule has 1 aliphatic heterocycles. The van der Waals surface area contributed by atoms with Crippen LogP contribution in [0.3, 0.4) is 0 Å².